The van der Waals surface area contributed by atoms with E-state index in [1.807, 2.05) is 0 Å². The van der Waals surface area contributed by atoms with E-state index in [9.17, 15) is 18.0 Å². The van der Waals surface area contributed by atoms with Crippen LogP contribution in [-0.4, -0.2) is 61.0 Å². The number of nitrogens with zero attached hydrogens (tertiary/aromatic N) is 1. The van der Waals surface area contributed by atoms with Crippen molar-refractivity contribution < 1.29 is 27.9 Å². The fraction of sp³-hybridized carbons (Fsp3) is 0.467. The molecule has 0 bridgehead atoms. The summed E-state index contributed by atoms with van der Waals surface area (Å²) in [5, 5.41) is 9.16. The van der Waals surface area contributed by atoms with Crippen LogP contribution in [0.1, 0.15) is 23.7 Å². The molecule has 1 heterocycles. The first-order chi connectivity index (χ1) is 10.8. The van der Waals surface area contributed by atoms with E-state index < -0.39 is 28.3 Å². The zero-order valence-electron chi connectivity index (χ0n) is 12.8. The zero-order chi connectivity index (χ0) is 17.0. The number of rotatable bonds is 5. The van der Waals surface area contributed by atoms with Gasteiger partial charge in [-0.15, -0.1) is 0 Å². The van der Waals surface area contributed by atoms with E-state index in [2.05, 4.69) is 0 Å². The summed E-state index contributed by atoms with van der Waals surface area (Å²) < 4.78 is 28.0. The first-order valence-electron chi connectivity index (χ1n) is 7.28. The minimum absolute atomic E-state index is 0.0252. The predicted octanol–water partition coefficient (Wildman–Crippen LogP) is 0.585. The molecule has 1 atom stereocenters. The Bertz CT molecular complexity index is 682. The molecule has 1 N–H and O–H groups in total. The van der Waals surface area contributed by atoms with Crippen molar-refractivity contribution in [2.75, 3.05) is 24.7 Å². The van der Waals surface area contributed by atoms with Crippen LogP contribution in [0.15, 0.2) is 24.3 Å². The van der Waals surface area contributed by atoms with Crippen molar-refractivity contribution in [3.8, 4) is 5.75 Å². The van der Waals surface area contributed by atoms with E-state index >= 15 is 0 Å². The number of phenolic OH excluding ortho intramolecular Hbond substituents is 1. The van der Waals surface area contributed by atoms with Gasteiger partial charge in [-0.3, -0.25) is 4.79 Å². The Balaban J connectivity index is 1.92. The van der Waals surface area contributed by atoms with Gasteiger partial charge >= 0.3 is 5.97 Å². The van der Waals surface area contributed by atoms with Crippen molar-refractivity contribution >= 4 is 21.7 Å². The summed E-state index contributed by atoms with van der Waals surface area (Å²) in [5.74, 6) is -1.03. The fourth-order valence-corrected chi connectivity index (χ4v) is 4.28. The minimum Gasteiger partial charge on any atom is -0.508 e. The quantitative estimate of drug-likeness (QED) is 0.787. The highest BCUT2D eigenvalue weighted by atomic mass is 32.2. The van der Waals surface area contributed by atoms with E-state index in [1.54, 1.807) is 6.92 Å². The highest BCUT2D eigenvalue weighted by molar-refractivity contribution is 7.91. The Labute approximate surface area is 134 Å². The van der Waals surface area contributed by atoms with Crippen molar-refractivity contribution in [2.24, 2.45) is 0 Å². The lowest BCUT2D eigenvalue weighted by Gasteiger charge is -2.26. The lowest BCUT2D eigenvalue weighted by Crippen LogP contribution is -2.43. The first kappa shape index (κ1) is 17.3. The first-order valence-corrected chi connectivity index (χ1v) is 9.10. The second-order valence-corrected chi connectivity index (χ2v) is 7.59. The Kier molecular flexibility index (Phi) is 5.25. The van der Waals surface area contributed by atoms with Crippen molar-refractivity contribution in [1.82, 2.24) is 4.90 Å². The van der Waals surface area contributed by atoms with Gasteiger partial charge in [-0.05, 0) is 37.6 Å². The molecule has 1 aliphatic rings. The molecule has 0 aliphatic carbocycles. The number of carbonyl (C=O) groups is 2. The molecule has 0 radical (unpaired) electrons. The summed E-state index contributed by atoms with van der Waals surface area (Å²) in [4.78, 5) is 25.4. The second kappa shape index (κ2) is 6.99. The third-order valence-electron chi connectivity index (χ3n) is 3.74. The van der Waals surface area contributed by atoms with Crippen LogP contribution in [0, 0.1) is 0 Å². The third kappa shape index (κ3) is 4.44. The molecule has 1 aromatic carbocycles. The predicted molar refractivity (Wildman–Crippen MR) is 82.8 cm³/mol. The van der Waals surface area contributed by atoms with Gasteiger partial charge in [0.25, 0.3) is 5.91 Å². The normalized spacial score (nSPS) is 19.3. The number of sulfone groups is 1. The maximum absolute atomic E-state index is 12.2. The summed E-state index contributed by atoms with van der Waals surface area (Å²) in [6, 6.07) is 5.12. The number of hydrogen-bond acceptors (Lipinski definition) is 6. The number of amides is 1. The maximum Gasteiger partial charge on any atom is 0.338 e. The summed E-state index contributed by atoms with van der Waals surface area (Å²) in [7, 11) is -3.09. The van der Waals surface area contributed by atoms with E-state index in [-0.39, 0.29) is 28.9 Å². The molecular weight excluding hydrogens is 322 g/mol. The van der Waals surface area contributed by atoms with Crippen molar-refractivity contribution in [2.45, 2.75) is 19.4 Å². The molecule has 1 saturated heterocycles. The highest BCUT2D eigenvalue weighted by Gasteiger charge is 2.34. The molecule has 0 spiro atoms. The van der Waals surface area contributed by atoms with Crippen molar-refractivity contribution in [3.05, 3.63) is 29.8 Å². The maximum atomic E-state index is 12.2. The van der Waals surface area contributed by atoms with Gasteiger partial charge in [0.1, 0.15) is 5.75 Å². The SMILES string of the molecule is CCN(C(=O)COC(=O)c1ccc(O)cc1)[C@H]1CCS(=O)(=O)C1. The molecule has 7 nitrogen and oxygen atoms in total. The number of carbonyl (C=O) groups excluding carboxylic acids is 2. The van der Waals surface area contributed by atoms with Crippen molar-refractivity contribution in [1.29, 1.82) is 0 Å². The van der Waals surface area contributed by atoms with E-state index in [0.717, 1.165) is 0 Å². The van der Waals surface area contributed by atoms with Gasteiger partial charge in [-0.2, -0.15) is 0 Å². The van der Waals surface area contributed by atoms with Gasteiger partial charge < -0.3 is 14.7 Å². The third-order valence-corrected chi connectivity index (χ3v) is 5.49. The summed E-state index contributed by atoms with van der Waals surface area (Å²) in [6.45, 7) is 1.67. The number of likely N-dealkylation sites (N-methyl/N-ethyl adjacent to an activating group) is 1. The molecule has 0 unspecified atom stereocenters. The number of hydrogen-bond donors (Lipinski definition) is 1. The molecule has 0 aromatic heterocycles. The van der Waals surface area contributed by atoms with Crippen LogP contribution in [0.5, 0.6) is 5.75 Å². The molecule has 23 heavy (non-hydrogen) atoms. The van der Waals surface area contributed by atoms with Crippen LogP contribution < -0.4 is 0 Å². The fourth-order valence-electron chi connectivity index (χ4n) is 2.55. The van der Waals surface area contributed by atoms with Crippen LogP contribution in [-0.2, 0) is 19.4 Å². The number of benzene rings is 1. The second-order valence-electron chi connectivity index (χ2n) is 5.36. The Morgan fingerprint density at radius 3 is 2.48 bits per heavy atom. The Morgan fingerprint density at radius 1 is 1.30 bits per heavy atom. The molecule has 126 valence electrons. The lowest BCUT2D eigenvalue weighted by atomic mass is 10.2. The summed E-state index contributed by atoms with van der Waals surface area (Å²) >= 11 is 0. The van der Waals surface area contributed by atoms with E-state index in [0.29, 0.717) is 13.0 Å². The Morgan fingerprint density at radius 2 is 1.96 bits per heavy atom. The van der Waals surface area contributed by atoms with Gasteiger partial charge in [0.15, 0.2) is 16.4 Å². The van der Waals surface area contributed by atoms with Gasteiger partial charge in [-0.1, -0.05) is 0 Å². The smallest absolute Gasteiger partial charge is 0.338 e. The molecule has 2 rings (SSSR count). The molecule has 1 fully saturated rings. The van der Waals surface area contributed by atoms with Gasteiger partial charge in [-0.25, -0.2) is 13.2 Å². The number of phenols is 1. The Hall–Kier alpha value is -2.09. The number of esters is 1. The molecule has 8 heteroatoms. The number of aromatic hydroxyl groups is 1. The molecule has 1 aliphatic heterocycles. The van der Waals surface area contributed by atoms with Gasteiger partial charge in [0.2, 0.25) is 0 Å². The topological polar surface area (TPSA) is 101 Å². The molecule has 1 aromatic rings. The van der Waals surface area contributed by atoms with Crippen LogP contribution in [0.4, 0.5) is 0 Å². The summed E-state index contributed by atoms with van der Waals surface area (Å²) in [6.07, 6.45) is 0.411. The lowest BCUT2D eigenvalue weighted by molar-refractivity contribution is -0.136. The molecule has 0 saturated carbocycles. The summed E-state index contributed by atoms with van der Waals surface area (Å²) in [5.41, 5.74) is 0.224. The van der Waals surface area contributed by atoms with Crippen LogP contribution in [0.25, 0.3) is 0 Å². The minimum atomic E-state index is -3.09. The largest absolute Gasteiger partial charge is 0.508 e. The average molecular weight is 341 g/mol. The monoisotopic (exact) mass is 341 g/mol. The van der Waals surface area contributed by atoms with Gasteiger partial charge in [0, 0.05) is 12.6 Å². The van der Waals surface area contributed by atoms with Crippen LogP contribution >= 0.6 is 0 Å². The highest BCUT2D eigenvalue weighted by Crippen LogP contribution is 2.18. The van der Waals surface area contributed by atoms with E-state index in [4.69, 9.17) is 9.84 Å². The van der Waals surface area contributed by atoms with Crippen LogP contribution in [0.2, 0.25) is 0 Å². The van der Waals surface area contributed by atoms with Crippen LogP contribution in [0.3, 0.4) is 0 Å². The van der Waals surface area contributed by atoms with E-state index in [1.165, 1.54) is 29.2 Å². The van der Waals surface area contributed by atoms with Crippen molar-refractivity contribution in [3.63, 3.8) is 0 Å². The number of ether oxygens (including phenoxy) is 1. The van der Waals surface area contributed by atoms with Gasteiger partial charge in [0.05, 0.1) is 17.1 Å². The zero-order valence-corrected chi connectivity index (χ0v) is 13.6. The average Bonchev–Trinajstić information content (AvgIpc) is 2.86. The molecular formula is C15H19NO6S. The molecule has 1 amide bonds. The standard InChI is InChI=1S/C15H19NO6S/c1-2-16(12-7-8-23(20,21)10-12)14(18)9-22-15(19)11-3-5-13(17)6-4-11/h3-6,12,17H,2,7-10H2,1H3/t12-/m0/s1.